The van der Waals surface area contributed by atoms with Crippen LogP contribution in [0.15, 0.2) is 24.3 Å². The zero-order chi connectivity index (χ0) is 37.5. The highest BCUT2D eigenvalue weighted by Gasteiger charge is 2.42. The van der Waals surface area contributed by atoms with Gasteiger partial charge in [-0.05, 0) is 72.1 Å². The molecule has 15 heteroatoms. The summed E-state index contributed by atoms with van der Waals surface area (Å²) in [6.45, 7) is 15.3. The minimum absolute atomic E-state index is 0.000916. The van der Waals surface area contributed by atoms with E-state index in [4.69, 9.17) is 23.7 Å². The standard InChI is InChI=1S/C35H58N4O10S/c1-33(2,3)48-31(43)38-17-10-11-25(39-32(44)49-34(4,5)6)30(42)50-20-19-36-26(40)16-18-37-29(41)28-35(7,8)22-46-27(47-28)21-23-12-14-24(45-9)15-13-23/h12-15,25,27-28,42,50H,10-11,16-22H2,1-9H3,(H,36,40)(H,37,41)(H,38,43)(H,39,44)/t25-,27?,28-/m0/s1. The Labute approximate surface area is 300 Å². The zero-order valence-corrected chi connectivity index (χ0v) is 31.9. The summed E-state index contributed by atoms with van der Waals surface area (Å²) in [6, 6.07) is 6.83. The van der Waals surface area contributed by atoms with Crippen molar-refractivity contribution in [3.05, 3.63) is 29.8 Å². The molecule has 1 unspecified atom stereocenters. The van der Waals surface area contributed by atoms with E-state index < -0.39 is 47.2 Å². The number of thiol groups is 1. The van der Waals surface area contributed by atoms with Crippen LogP contribution < -0.4 is 26.0 Å². The largest absolute Gasteiger partial charge is 0.497 e. The van der Waals surface area contributed by atoms with E-state index in [0.717, 1.165) is 11.3 Å². The lowest BCUT2D eigenvalue weighted by atomic mass is 9.85. The molecular weight excluding hydrogens is 668 g/mol. The number of nitrogens with one attached hydrogen (secondary N) is 4. The number of aliphatic hydroxyl groups excluding tert-OH is 1. The molecule has 1 saturated heterocycles. The molecule has 5 N–H and O–H groups in total. The lowest BCUT2D eigenvalue weighted by Crippen LogP contribution is -2.54. The van der Waals surface area contributed by atoms with Gasteiger partial charge in [-0.15, -0.1) is 0 Å². The Morgan fingerprint density at radius 1 is 0.940 bits per heavy atom. The summed E-state index contributed by atoms with van der Waals surface area (Å²) in [6.07, 6.45) is -1.26. The molecule has 1 aromatic carbocycles. The first-order valence-corrected chi connectivity index (χ1v) is 18.0. The summed E-state index contributed by atoms with van der Waals surface area (Å²) in [5.74, 6) is 0.554. The molecular formula is C35H58N4O10S. The van der Waals surface area contributed by atoms with E-state index in [1.165, 1.54) is 0 Å². The summed E-state index contributed by atoms with van der Waals surface area (Å²) in [7, 11) is 1.60. The zero-order valence-electron chi connectivity index (χ0n) is 31.0. The number of benzene rings is 1. The van der Waals surface area contributed by atoms with Gasteiger partial charge in [-0.2, -0.15) is 11.4 Å². The highest BCUT2D eigenvalue weighted by Crippen LogP contribution is 2.31. The third-order valence-corrected chi connectivity index (χ3v) is 8.22. The molecule has 284 valence electrons. The molecule has 4 amide bonds. The molecule has 0 bridgehead atoms. The molecule has 14 nitrogen and oxygen atoms in total. The number of rotatable bonds is 16. The molecule has 1 aromatic rings. The Morgan fingerprint density at radius 3 is 2.20 bits per heavy atom. The van der Waals surface area contributed by atoms with Gasteiger partial charge in [0.05, 0.1) is 24.8 Å². The molecule has 1 aliphatic heterocycles. The van der Waals surface area contributed by atoms with Gasteiger partial charge in [-0.3, -0.25) is 9.59 Å². The fourth-order valence-corrected chi connectivity index (χ4v) is 5.59. The van der Waals surface area contributed by atoms with E-state index in [1.54, 1.807) is 48.7 Å². The van der Waals surface area contributed by atoms with Crippen LogP contribution in [0, 0.1) is 5.41 Å². The molecule has 0 aromatic heterocycles. The molecule has 3 atom stereocenters. The highest BCUT2D eigenvalue weighted by molar-refractivity contribution is 7.98. The predicted octanol–water partition coefficient (Wildman–Crippen LogP) is 3.98. The normalized spacial score (nSPS) is 18.5. The maximum atomic E-state index is 13.1. The van der Waals surface area contributed by atoms with Crippen molar-refractivity contribution in [1.82, 2.24) is 21.3 Å². The molecule has 50 heavy (non-hydrogen) atoms. The van der Waals surface area contributed by atoms with Gasteiger partial charge in [-0.1, -0.05) is 26.0 Å². The molecule has 1 heterocycles. The fraction of sp³-hybridized carbons (Fsp3) is 0.686. The number of carbonyl (C=O) groups excluding carboxylic acids is 4. The Morgan fingerprint density at radius 2 is 1.58 bits per heavy atom. The Bertz CT molecular complexity index is 1290. The summed E-state index contributed by atoms with van der Waals surface area (Å²) >= 11 is 0.502. The molecule has 0 radical (unpaired) electrons. The van der Waals surface area contributed by atoms with E-state index in [1.807, 2.05) is 38.1 Å². The van der Waals surface area contributed by atoms with Crippen molar-refractivity contribution in [3.8, 4) is 5.75 Å². The van der Waals surface area contributed by atoms with Crippen molar-refractivity contribution in [3.63, 3.8) is 0 Å². The van der Waals surface area contributed by atoms with Crippen LogP contribution in [0.3, 0.4) is 0 Å². The van der Waals surface area contributed by atoms with E-state index in [2.05, 4.69) is 21.3 Å². The van der Waals surface area contributed by atoms with Gasteiger partial charge in [0.2, 0.25) is 11.8 Å². The summed E-state index contributed by atoms with van der Waals surface area (Å²) in [5, 5.41) is 21.8. The van der Waals surface area contributed by atoms with Gasteiger partial charge in [0.15, 0.2) is 6.29 Å². The summed E-state index contributed by atoms with van der Waals surface area (Å²) < 4.78 is 27.7. The third kappa shape index (κ3) is 17.0. The van der Waals surface area contributed by atoms with E-state index in [0.29, 0.717) is 43.0 Å². The van der Waals surface area contributed by atoms with Crippen LogP contribution in [0.4, 0.5) is 9.59 Å². The predicted molar refractivity (Wildman–Crippen MR) is 194 cm³/mol. The average Bonchev–Trinajstić information content (AvgIpc) is 3.00. The fourth-order valence-electron chi connectivity index (χ4n) is 4.72. The minimum Gasteiger partial charge on any atom is -0.497 e. The monoisotopic (exact) mass is 726 g/mol. The van der Waals surface area contributed by atoms with Crippen LogP contribution in [0.25, 0.3) is 0 Å². The van der Waals surface area contributed by atoms with Gasteiger partial charge in [0.25, 0.3) is 0 Å². The topological polar surface area (TPSA) is 183 Å². The van der Waals surface area contributed by atoms with Crippen LogP contribution in [-0.4, -0.2) is 103 Å². The van der Waals surface area contributed by atoms with Crippen LogP contribution in [0.5, 0.6) is 5.75 Å². The quantitative estimate of drug-likeness (QED) is 0.0828. The Balaban J connectivity index is 1.81. The lowest BCUT2D eigenvalue weighted by Gasteiger charge is -2.41. The van der Waals surface area contributed by atoms with Gasteiger partial charge >= 0.3 is 12.2 Å². The summed E-state index contributed by atoms with van der Waals surface area (Å²) in [4.78, 5) is 49.9. The Hall–Kier alpha value is -3.40. The summed E-state index contributed by atoms with van der Waals surface area (Å²) in [5.41, 5.74) is -0.929. The van der Waals surface area contributed by atoms with Crippen molar-refractivity contribution in [2.24, 2.45) is 5.41 Å². The highest BCUT2D eigenvalue weighted by atomic mass is 32.1. The number of amides is 4. The number of hydrogen-bond donors (Lipinski definition) is 6. The molecule has 1 fully saturated rings. The van der Waals surface area contributed by atoms with Crippen molar-refractivity contribution in [1.29, 1.82) is 0 Å². The number of alkyl carbamates (subject to hydrolysis) is 2. The smallest absolute Gasteiger partial charge is 0.408 e. The first kappa shape index (κ1) is 42.8. The second kappa shape index (κ2) is 19.8. The van der Waals surface area contributed by atoms with Crippen LogP contribution in [0.2, 0.25) is 0 Å². The molecule has 0 saturated carbocycles. The van der Waals surface area contributed by atoms with Crippen LogP contribution in [-0.2, 0) is 35.0 Å². The SMILES string of the molecule is COc1ccc(CC2OCC(C)(C)[C@H](C(=O)NCCC(=O)NCC[SH]=C(O)[C@H](CCCNC(=O)OC(C)(C)C)NC(=O)OC(C)(C)C)O2)cc1. The van der Waals surface area contributed by atoms with Crippen LogP contribution >= 0.6 is 11.4 Å². The number of ether oxygens (including phenoxy) is 5. The van der Waals surface area contributed by atoms with Crippen molar-refractivity contribution < 1.29 is 48.0 Å². The number of carbonyl (C=O) groups is 4. The van der Waals surface area contributed by atoms with Gasteiger partial charge in [0, 0.05) is 43.6 Å². The maximum absolute atomic E-state index is 13.1. The van der Waals surface area contributed by atoms with E-state index in [-0.39, 0.29) is 42.9 Å². The van der Waals surface area contributed by atoms with E-state index >= 15 is 0 Å². The second-order valence-electron chi connectivity index (χ2n) is 14.7. The van der Waals surface area contributed by atoms with Crippen molar-refractivity contribution >= 4 is 40.4 Å². The Kier molecular flexibility index (Phi) is 17.0. The van der Waals surface area contributed by atoms with E-state index in [9.17, 15) is 24.3 Å². The third-order valence-electron chi connectivity index (χ3n) is 7.14. The van der Waals surface area contributed by atoms with Crippen molar-refractivity contribution in [2.45, 2.75) is 111 Å². The lowest BCUT2D eigenvalue weighted by molar-refractivity contribution is -0.253. The first-order chi connectivity index (χ1) is 23.3. The number of methoxy groups -OCH3 is 1. The van der Waals surface area contributed by atoms with Crippen molar-refractivity contribution in [2.75, 3.05) is 39.1 Å². The maximum Gasteiger partial charge on any atom is 0.408 e. The molecule has 0 spiro atoms. The number of aliphatic hydroxyl groups is 1. The van der Waals surface area contributed by atoms with Crippen LogP contribution in [0.1, 0.15) is 80.2 Å². The minimum atomic E-state index is -0.754. The number of hydrogen-bond acceptors (Lipinski definition) is 9. The molecule has 1 aliphatic rings. The first-order valence-electron chi connectivity index (χ1n) is 16.9. The van der Waals surface area contributed by atoms with Gasteiger partial charge in [-0.25, -0.2) is 9.59 Å². The molecule has 0 aliphatic carbocycles. The van der Waals surface area contributed by atoms with Gasteiger partial charge < -0.3 is 50.1 Å². The van der Waals surface area contributed by atoms with Gasteiger partial charge in [0.1, 0.15) is 23.1 Å². The molecule has 2 rings (SSSR count). The second-order valence-corrected chi connectivity index (χ2v) is 15.9. The average molecular weight is 727 g/mol.